The first-order chi connectivity index (χ1) is 10.3. The molecule has 0 amide bonds. The number of fused-ring (bicyclic) bond motifs is 5. The van der Waals surface area contributed by atoms with Gasteiger partial charge in [-0.1, -0.05) is 30.3 Å². The molecule has 3 aromatic carbocycles. The van der Waals surface area contributed by atoms with Crippen molar-refractivity contribution in [1.29, 1.82) is 0 Å². The second-order valence-electron chi connectivity index (χ2n) is 5.70. The van der Waals surface area contributed by atoms with Crippen LogP contribution in [0.15, 0.2) is 60.7 Å². The van der Waals surface area contributed by atoms with Gasteiger partial charge >= 0.3 is 0 Å². The second kappa shape index (κ2) is 3.67. The van der Waals surface area contributed by atoms with E-state index in [0.717, 1.165) is 0 Å². The molecule has 0 fully saturated rings. The zero-order chi connectivity index (χ0) is 14.0. The molecule has 0 bridgehead atoms. The Labute approximate surface area is 122 Å². The molecule has 5 rings (SSSR count). The fraction of sp³-hybridized carbons (Fsp3) is 0.0526. The molecule has 0 saturated heterocycles. The van der Waals surface area contributed by atoms with Crippen molar-refractivity contribution in [3.63, 3.8) is 0 Å². The first-order valence-electron chi connectivity index (χ1n) is 7.23. The van der Waals surface area contributed by atoms with Crippen LogP contribution in [0.5, 0.6) is 0 Å². The summed E-state index contributed by atoms with van der Waals surface area (Å²) in [4.78, 5) is 0. The Morgan fingerprint density at radius 3 is 2.57 bits per heavy atom. The number of aromatic nitrogens is 1. The van der Waals surface area contributed by atoms with Crippen molar-refractivity contribution >= 4 is 33.2 Å². The smallest absolute Gasteiger partial charge is 0.0777 e. The van der Waals surface area contributed by atoms with Gasteiger partial charge in [0.05, 0.1) is 28.1 Å². The molecule has 0 saturated carbocycles. The molecule has 0 aliphatic carbocycles. The van der Waals surface area contributed by atoms with E-state index in [9.17, 15) is 0 Å². The van der Waals surface area contributed by atoms with Gasteiger partial charge in [0, 0.05) is 10.8 Å². The summed E-state index contributed by atoms with van der Waals surface area (Å²) in [6.45, 7) is 2.16. The molecular formula is C19H14N2. The second-order valence-corrected chi connectivity index (χ2v) is 5.70. The van der Waals surface area contributed by atoms with Gasteiger partial charge in [-0.3, -0.25) is 0 Å². The van der Waals surface area contributed by atoms with Crippen LogP contribution >= 0.6 is 0 Å². The number of hydrogen-bond acceptors (Lipinski definition) is 1. The van der Waals surface area contributed by atoms with Crippen molar-refractivity contribution in [2.24, 2.45) is 0 Å². The van der Waals surface area contributed by atoms with Gasteiger partial charge in [0.25, 0.3) is 0 Å². The molecule has 2 nitrogen and oxygen atoms in total. The summed E-state index contributed by atoms with van der Waals surface area (Å²) in [7, 11) is 0. The maximum Gasteiger partial charge on any atom is 0.0777 e. The van der Waals surface area contributed by atoms with Crippen LogP contribution in [0.4, 0.5) is 11.4 Å². The van der Waals surface area contributed by atoms with E-state index in [4.69, 9.17) is 0 Å². The number of anilines is 2. The molecule has 2 heterocycles. The minimum atomic E-state index is 1.17. The van der Waals surface area contributed by atoms with Crippen LogP contribution in [-0.4, -0.2) is 4.57 Å². The van der Waals surface area contributed by atoms with Gasteiger partial charge in [0.2, 0.25) is 0 Å². The van der Waals surface area contributed by atoms with Crippen LogP contribution in [0.1, 0.15) is 5.56 Å². The molecule has 100 valence electrons. The summed E-state index contributed by atoms with van der Waals surface area (Å²) in [5.74, 6) is 0. The number of hydrogen-bond donors (Lipinski definition) is 1. The fourth-order valence-corrected chi connectivity index (χ4v) is 3.51. The summed E-state index contributed by atoms with van der Waals surface area (Å²) < 4.78 is 2.38. The summed E-state index contributed by atoms with van der Waals surface area (Å²) in [6.07, 6.45) is 0. The number of para-hydroxylation sites is 3. The van der Waals surface area contributed by atoms with Gasteiger partial charge in [0.15, 0.2) is 0 Å². The molecule has 4 aromatic rings. The maximum atomic E-state index is 3.59. The lowest BCUT2D eigenvalue weighted by Gasteiger charge is -2.22. The van der Waals surface area contributed by atoms with E-state index in [2.05, 4.69) is 77.5 Å². The van der Waals surface area contributed by atoms with Crippen LogP contribution in [0, 0.1) is 6.92 Å². The molecule has 0 unspecified atom stereocenters. The lowest BCUT2D eigenvalue weighted by Crippen LogP contribution is -2.07. The topological polar surface area (TPSA) is 17.0 Å². The highest BCUT2D eigenvalue weighted by molar-refractivity contribution is 6.15. The summed E-state index contributed by atoms with van der Waals surface area (Å²) >= 11 is 0. The van der Waals surface area contributed by atoms with Crippen LogP contribution in [0.3, 0.4) is 0 Å². The van der Waals surface area contributed by atoms with E-state index in [1.807, 2.05) is 0 Å². The Morgan fingerprint density at radius 1 is 0.810 bits per heavy atom. The van der Waals surface area contributed by atoms with Crippen LogP contribution in [-0.2, 0) is 0 Å². The zero-order valence-electron chi connectivity index (χ0n) is 11.7. The minimum absolute atomic E-state index is 1.17. The van der Waals surface area contributed by atoms with Crippen molar-refractivity contribution < 1.29 is 0 Å². The van der Waals surface area contributed by atoms with E-state index >= 15 is 0 Å². The fourth-order valence-electron chi connectivity index (χ4n) is 3.51. The van der Waals surface area contributed by atoms with Gasteiger partial charge in [-0.25, -0.2) is 0 Å². The standard InChI is InChI=1S/C19H14N2/c1-12-10-14-13-6-2-4-8-17(13)21-18-9-5-3-7-15(18)20-16(11-12)19(14)21/h2-11,20H,1H3. The summed E-state index contributed by atoms with van der Waals surface area (Å²) in [5.41, 5.74) is 7.42. The molecule has 2 heteroatoms. The molecule has 1 aliphatic heterocycles. The van der Waals surface area contributed by atoms with Crippen molar-refractivity contribution in [1.82, 2.24) is 4.57 Å². The average Bonchev–Trinajstić information content (AvgIpc) is 2.84. The predicted octanol–water partition coefficient (Wildman–Crippen LogP) is 5.15. The Kier molecular flexibility index (Phi) is 1.92. The highest BCUT2D eigenvalue weighted by Gasteiger charge is 2.21. The molecule has 0 atom stereocenters. The first kappa shape index (κ1) is 11.0. The maximum absolute atomic E-state index is 3.59. The SMILES string of the molecule is Cc1cc2c3c(c1)c1ccccc1n3-c1ccccc1N2. The molecule has 1 N–H and O–H groups in total. The molecular weight excluding hydrogens is 256 g/mol. The van der Waals surface area contributed by atoms with E-state index < -0.39 is 0 Å². The van der Waals surface area contributed by atoms with Gasteiger partial charge in [0.1, 0.15) is 0 Å². The zero-order valence-corrected chi connectivity index (χ0v) is 11.7. The third kappa shape index (κ3) is 1.32. The van der Waals surface area contributed by atoms with Gasteiger partial charge < -0.3 is 9.88 Å². The van der Waals surface area contributed by atoms with Gasteiger partial charge in [-0.15, -0.1) is 0 Å². The lowest BCUT2D eigenvalue weighted by molar-refractivity contribution is 1.16. The monoisotopic (exact) mass is 270 g/mol. The summed E-state index contributed by atoms with van der Waals surface area (Å²) in [6, 6.07) is 21.7. The van der Waals surface area contributed by atoms with Crippen molar-refractivity contribution in [3.8, 4) is 5.69 Å². The van der Waals surface area contributed by atoms with Gasteiger partial charge in [-0.2, -0.15) is 0 Å². The van der Waals surface area contributed by atoms with Crippen molar-refractivity contribution in [2.45, 2.75) is 6.92 Å². The average molecular weight is 270 g/mol. The highest BCUT2D eigenvalue weighted by Crippen LogP contribution is 2.43. The number of nitrogens with one attached hydrogen (secondary N) is 1. The van der Waals surface area contributed by atoms with E-state index in [-0.39, 0.29) is 0 Å². The molecule has 0 radical (unpaired) electrons. The number of aryl methyl sites for hydroxylation is 1. The Morgan fingerprint density at radius 2 is 1.62 bits per heavy atom. The third-order valence-electron chi connectivity index (χ3n) is 4.33. The Balaban J connectivity index is 2.11. The van der Waals surface area contributed by atoms with Crippen LogP contribution in [0.25, 0.3) is 27.5 Å². The van der Waals surface area contributed by atoms with Crippen molar-refractivity contribution in [3.05, 3.63) is 66.2 Å². The minimum Gasteiger partial charge on any atom is -0.352 e. The molecule has 1 aromatic heterocycles. The highest BCUT2D eigenvalue weighted by atomic mass is 15.1. The van der Waals surface area contributed by atoms with Gasteiger partial charge in [-0.05, 0) is 42.8 Å². The first-order valence-corrected chi connectivity index (χ1v) is 7.23. The number of rotatable bonds is 0. The normalized spacial score (nSPS) is 12.4. The van der Waals surface area contributed by atoms with E-state index in [1.165, 1.54) is 44.4 Å². The largest absolute Gasteiger partial charge is 0.352 e. The third-order valence-corrected chi connectivity index (χ3v) is 4.33. The van der Waals surface area contributed by atoms with E-state index in [1.54, 1.807) is 0 Å². The summed E-state index contributed by atoms with van der Waals surface area (Å²) in [5, 5.41) is 6.22. The number of benzene rings is 3. The van der Waals surface area contributed by atoms with Crippen LogP contribution < -0.4 is 5.32 Å². The number of nitrogens with zero attached hydrogens (tertiary/aromatic N) is 1. The predicted molar refractivity (Wildman–Crippen MR) is 88.8 cm³/mol. The lowest BCUT2D eigenvalue weighted by atomic mass is 10.1. The van der Waals surface area contributed by atoms with E-state index in [0.29, 0.717) is 0 Å². The Bertz CT molecular complexity index is 1020. The van der Waals surface area contributed by atoms with Crippen molar-refractivity contribution in [2.75, 3.05) is 5.32 Å². The molecule has 1 aliphatic rings. The molecule has 0 spiro atoms. The quantitative estimate of drug-likeness (QED) is 0.412. The Hall–Kier alpha value is -2.74. The molecule has 21 heavy (non-hydrogen) atoms. The van der Waals surface area contributed by atoms with Crippen LogP contribution in [0.2, 0.25) is 0 Å².